The van der Waals surface area contributed by atoms with Crippen LogP contribution in [0.3, 0.4) is 0 Å². The Morgan fingerprint density at radius 3 is 2.82 bits per heavy atom. The first-order valence-corrected chi connectivity index (χ1v) is 11.4. The Kier molecular flexibility index (Phi) is 8.02. The number of pyridine rings is 1. The molecule has 0 fully saturated rings. The highest BCUT2D eigenvalue weighted by atomic mass is 19.1. The molecule has 7 nitrogen and oxygen atoms in total. The summed E-state index contributed by atoms with van der Waals surface area (Å²) in [5, 5.41) is 23.9. The lowest BCUT2D eigenvalue weighted by molar-refractivity contribution is 0.257. The lowest BCUT2D eigenvalue weighted by atomic mass is 9.82. The minimum Gasteiger partial charge on any atom is -0.482 e. The number of allylic oxidation sites excluding steroid dienone is 3. The maximum Gasteiger partial charge on any atom is 0.166 e. The van der Waals surface area contributed by atoms with Gasteiger partial charge in [0.2, 0.25) is 0 Å². The number of anilines is 1. The molecule has 6 N–H and O–H groups in total. The Morgan fingerprint density at radius 1 is 1.39 bits per heavy atom. The number of aromatic nitrogens is 1. The van der Waals surface area contributed by atoms with Crippen molar-refractivity contribution >= 4 is 23.4 Å². The summed E-state index contributed by atoms with van der Waals surface area (Å²) in [6, 6.07) is 1.82. The molecule has 0 radical (unpaired) electrons. The molecule has 1 aromatic heterocycles. The molecule has 1 aliphatic heterocycles. The van der Waals surface area contributed by atoms with Gasteiger partial charge in [0.15, 0.2) is 11.6 Å². The topological polar surface area (TPSA) is 120 Å². The quantitative estimate of drug-likeness (QED) is 0.418. The maximum atomic E-state index is 14.3. The second-order valence-corrected chi connectivity index (χ2v) is 9.05. The van der Waals surface area contributed by atoms with E-state index in [0.29, 0.717) is 48.0 Å². The van der Waals surface area contributed by atoms with Gasteiger partial charge >= 0.3 is 0 Å². The molecule has 1 aromatic rings. The summed E-state index contributed by atoms with van der Waals surface area (Å²) in [5.41, 5.74) is 10.2. The van der Waals surface area contributed by atoms with Gasteiger partial charge in [-0.25, -0.2) is 9.37 Å². The molecule has 33 heavy (non-hydrogen) atoms. The normalized spacial score (nSPS) is 25.8. The summed E-state index contributed by atoms with van der Waals surface area (Å²) in [7, 11) is 1.85. The zero-order chi connectivity index (χ0) is 24.1. The van der Waals surface area contributed by atoms with Gasteiger partial charge in [0.1, 0.15) is 12.3 Å². The molecule has 2 unspecified atom stereocenters. The molecule has 1 aliphatic carbocycles. The van der Waals surface area contributed by atoms with Crippen LogP contribution >= 0.6 is 0 Å². The van der Waals surface area contributed by atoms with E-state index in [9.17, 15) is 4.39 Å². The van der Waals surface area contributed by atoms with E-state index in [2.05, 4.69) is 29.5 Å². The smallest absolute Gasteiger partial charge is 0.166 e. The van der Waals surface area contributed by atoms with E-state index in [1.807, 2.05) is 20.0 Å². The molecule has 2 bridgehead atoms. The minimum atomic E-state index is -1.12. The van der Waals surface area contributed by atoms with E-state index in [0.717, 1.165) is 16.8 Å². The van der Waals surface area contributed by atoms with Crippen LogP contribution in [0.4, 0.5) is 10.2 Å². The maximum absolute atomic E-state index is 14.3. The number of alkyl halides is 1. The molecule has 0 saturated carbocycles. The second kappa shape index (κ2) is 10.7. The molecule has 0 aromatic carbocycles. The standard InChI is InChI=1S/C25H35FN6O/c1-14(2)11-31-24-16(10-27)7-17(12-30-4)23(28)20-6-5-19(26)9-21(20)15(3)33-22-8-18(24)13-32-25(22)29/h6,8-10,13-15,17,19,27-28,30-31H,5,7,11-12H2,1-4H3,(H2,29,32)/b24-16-,27-10?,28-23?/t15-,17?,19?/m1/s1. The van der Waals surface area contributed by atoms with E-state index in [-0.39, 0.29) is 18.2 Å². The molecular formula is C25H35FN6O. The average Bonchev–Trinajstić information content (AvgIpc) is 2.78. The third-order valence-electron chi connectivity index (χ3n) is 5.93. The molecule has 0 spiro atoms. The molecule has 8 heteroatoms. The number of hydrogen-bond acceptors (Lipinski definition) is 7. The van der Waals surface area contributed by atoms with Gasteiger partial charge in [0.05, 0.1) is 0 Å². The molecule has 0 amide bonds. The van der Waals surface area contributed by atoms with Gasteiger partial charge in [-0.05, 0) is 55.2 Å². The average molecular weight is 455 g/mol. The molecule has 2 heterocycles. The second-order valence-electron chi connectivity index (χ2n) is 9.05. The lowest BCUT2D eigenvalue weighted by Crippen LogP contribution is -2.32. The number of nitrogens with zero attached hydrogens (tertiary/aromatic N) is 1. The summed E-state index contributed by atoms with van der Waals surface area (Å²) < 4.78 is 20.5. The summed E-state index contributed by atoms with van der Waals surface area (Å²) in [6.07, 6.45) is 5.43. The van der Waals surface area contributed by atoms with Crippen LogP contribution in [-0.4, -0.2) is 49.3 Å². The van der Waals surface area contributed by atoms with Crippen LogP contribution in [0.15, 0.2) is 41.1 Å². The molecule has 0 saturated heterocycles. The number of hydrogen-bond donors (Lipinski definition) is 5. The number of halogens is 1. The van der Waals surface area contributed by atoms with E-state index in [1.165, 1.54) is 6.21 Å². The molecule has 178 valence electrons. The largest absolute Gasteiger partial charge is 0.482 e. The summed E-state index contributed by atoms with van der Waals surface area (Å²) >= 11 is 0. The summed E-state index contributed by atoms with van der Waals surface area (Å²) in [4.78, 5) is 4.34. The van der Waals surface area contributed by atoms with Crippen molar-refractivity contribution in [1.29, 1.82) is 10.8 Å². The first-order valence-electron chi connectivity index (χ1n) is 11.4. The highest BCUT2D eigenvalue weighted by Crippen LogP contribution is 2.34. The third kappa shape index (κ3) is 5.68. The summed E-state index contributed by atoms with van der Waals surface area (Å²) in [6.45, 7) is 7.34. The van der Waals surface area contributed by atoms with Gasteiger partial charge in [-0.2, -0.15) is 0 Å². The van der Waals surface area contributed by atoms with Crippen molar-refractivity contribution in [2.24, 2.45) is 11.8 Å². The van der Waals surface area contributed by atoms with Crippen molar-refractivity contribution in [3.05, 3.63) is 46.7 Å². The van der Waals surface area contributed by atoms with Crippen molar-refractivity contribution in [1.82, 2.24) is 15.6 Å². The van der Waals surface area contributed by atoms with Crippen molar-refractivity contribution in [2.75, 3.05) is 25.9 Å². The Hall–Kier alpha value is -3.00. The Morgan fingerprint density at radius 2 is 2.15 bits per heavy atom. The number of nitrogen functional groups attached to an aromatic ring is 1. The van der Waals surface area contributed by atoms with Crippen LogP contribution < -0.4 is 21.1 Å². The predicted octanol–water partition coefficient (Wildman–Crippen LogP) is 3.89. The number of nitrogens with one attached hydrogen (secondary N) is 4. The van der Waals surface area contributed by atoms with Crippen molar-refractivity contribution in [3.63, 3.8) is 0 Å². The molecular weight excluding hydrogens is 419 g/mol. The van der Waals surface area contributed by atoms with E-state index in [4.69, 9.17) is 21.3 Å². The van der Waals surface area contributed by atoms with Gasteiger partial charge in [0, 0.05) is 54.8 Å². The predicted molar refractivity (Wildman–Crippen MR) is 133 cm³/mol. The molecule has 2 aliphatic rings. The van der Waals surface area contributed by atoms with E-state index >= 15 is 0 Å². The highest BCUT2D eigenvalue weighted by Gasteiger charge is 2.29. The number of ether oxygens (including phenoxy) is 1. The Labute approximate surface area is 195 Å². The fourth-order valence-corrected chi connectivity index (χ4v) is 4.21. The van der Waals surface area contributed by atoms with Gasteiger partial charge < -0.3 is 31.9 Å². The Bertz CT molecular complexity index is 997. The summed E-state index contributed by atoms with van der Waals surface area (Å²) in [5.74, 6) is 0.821. The highest BCUT2D eigenvalue weighted by molar-refractivity contribution is 6.05. The van der Waals surface area contributed by atoms with Crippen molar-refractivity contribution < 1.29 is 9.13 Å². The lowest BCUT2D eigenvalue weighted by Gasteiger charge is -2.29. The van der Waals surface area contributed by atoms with Crippen LogP contribution in [0.25, 0.3) is 5.70 Å². The SMILES string of the molecule is CNCC1C/C(C=N)=C(/NCC(C)C)c2cnc(N)c(c2)O[C@H](C)C2=CC(F)CC=C2C1=N. The number of nitrogens with two attached hydrogens (primary N) is 1. The fraction of sp³-hybridized carbons (Fsp3) is 0.480. The monoisotopic (exact) mass is 454 g/mol. The van der Waals surface area contributed by atoms with Gasteiger partial charge in [-0.15, -0.1) is 0 Å². The number of fused-ring (bicyclic) bond motifs is 3. The van der Waals surface area contributed by atoms with Crippen LogP contribution in [0, 0.1) is 22.7 Å². The van der Waals surface area contributed by atoms with E-state index in [1.54, 1.807) is 18.3 Å². The third-order valence-corrected chi connectivity index (χ3v) is 5.93. The van der Waals surface area contributed by atoms with Crippen molar-refractivity contribution in [3.8, 4) is 5.75 Å². The zero-order valence-electron chi connectivity index (χ0n) is 19.8. The van der Waals surface area contributed by atoms with E-state index < -0.39 is 12.3 Å². The number of rotatable bonds is 6. The van der Waals surface area contributed by atoms with Gasteiger partial charge in [-0.3, -0.25) is 0 Å². The first kappa shape index (κ1) is 24.6. The Balaban J connectivity index is 2.20. The minimum absolute atomic E-state index is 0.207. The first-order chi connectivity index (χ1) is 15.7. The van der Waals surface area contributed by atoms with Crippen LogP contribution in [0.2, 0.25) is 0 Å². The van der Waals surface area contributed by atoms with Crippen LogP contribution in [-0.2, 0) is 0 Å². The fourth-order valence-electron chi connectivity index (χ4n) is 4.21. The van der Waals surface area contributed by atoms with Gasteiger partial charge in [-0.1, -0.05) is 19.9 Å². The molecule has 3 atom stereocenters. The van der Waals surface area contributed by atoms with Crippen LogP contribution in [0.1, 0.15) is 39.2 Å². The van der Waals surface area contributed by atoms with Crippen LogP contribution in [0.5, 0.6) is 5.75 Å². The molecule has 3 rings (SSSR count). The van der Waals surface area contributed by atoms with Gasteiger partial charge in [0.25, 0.3) is 0 Å². The zero-order valence-corrected chi connectivity index (χ0v) is 19.8. The van der Waals surface area contributed by atoms with Crippen molar-refractivity contribution in [2.45, 2.75) is 45.9 Å².